The van der Waals surface area contributed by atoms with Crippen LogP contribution in [-0.2, 0) is 4.74 Å². The summed E-state index contributed by atoms with van der Waals surface area (Å²) in [5.41, 5.74) is 1.93. The van der Waals surface area contributed by atoms with E-state index in [9.17, 15) is 4.79 Å². The molecule has 0 spiro atoms. The first-order valence-corrected chi connectivity index (χ1v) is 6.29. The highest BCUT2D eigenvalue weighted by Gasteiger charge is 2.16. The van der Waals surface area contributed by atoms with Crippen molar-refractivity contribution in [2.45, 2.75) is 25.7 Å². The molecule has 4 heteroatoms. The molecule has 0 radical (unpaired) electrons. The average Bonchev–Trinajstić information content (AvgIpc) is 2.40. The van der Waals surface area contributed by atoms with Gasteiger partial charge in [0, 0.05) is 0 Å². The van der Waals surface area contributed by atoms with Crippen molar-refractivity contribution in [3.05, 3.63) is 35.4 Å². The number of halogens is 1. The standard InChI is InChI=1S/C14H19NO2.ClH/c1-2-17-14(16)13-5-3-4-12(10-13)11-6-8-15-9-7-11;/h3-5,10-11,15H,2,6-9H2,1H3;1H. The molecule has 0 aromatic heterocycles. The van der Waals surface area contributed by atoms with Gasteiger partial charge in [-0.3, -0.25) is 0 Å². The van der Waals surface area contributed by atoms with Gasteiger partial charge in [-0.2, -0.15) is 0 Å². The van der Waals surface area contributed by atoms with E-state index in [1.165, 1.54) is 5.56 Å². The van der Waals surface area contributed by atoms with Crippen molar-refractivity contribution < 1.29 is 9.53 Å². The molecule has 100 valence electrons. The van der Waals surface area contributed by atoms with Gasteiger partial charge in [0.25, 0.3) is 0 Å². The molecule has 0 aliphatic carbocycles. The second-order valence-corrected chi connectivity index (χ2v) is 4.37. The molecular formula is C14H20ClNO2. The molecule has 3 nitrogen and oxygen atoms in total. The van der Waals surface area contributed by atoms with Crippen LogP contribution < -0.4 is 5.32 Å². The number of nitrogens with one attached hydrogen (secondary N) is 1. The largest absolute Gasteiger partial charge is 0.462 e. The van der Waals surface area contributed by atoms with Gasteiger partial charge in [-0.05, 0) is 56.5 Å². The summed E-state index contributed by atoms with van der Waals surface area (Å²) < 4.78 is 5.02. The van der Waals surface area contributed by atoms with Crippen LogP contribution in [-0.4, -0.2) is 25.7 Å². The minimum atomic E-state index is -0.219. The molecule has 1 fully saturated rings. The molecule has 2 rings (SSSR count). The van der Waals surface area contributed by atoms with E-state index in [1.807, 2.05) is 25.1 Å². The summed E-state index contributed by atoms with van der Waals surface area (Å²) in [6, 6.07) is 7.86. The highest BCUT2D eigenvalue weighted by Crippen LogP contribution is 2.25. The Labute approximate surface area is 114 Å². The first kappa shape index (κ1) is 15.0. The molecule has 0 atom stereocenters. The first-order valence-electron chi connectivity index (χ1n) is 6.29. The van der Waals surface area contributed by atoms with Crippen molar-refractivity contribution >= 4 is 18.4 Å². The van der Waals surface area contributed by atoms with Crippen molar-refractivity contribution in [1.29, 1.82) is 0 Å². The molecule has 1 aromatic rings. The van der Waals surface area contributed by atoms with Crippen LogP contribution in [0.3, 0.4) is 0 Å². The van der Waals surface area contributed by atoms with Crippen molar-refractivity contribution in [3.63, 3.8) is 0 Å². The number of rotatable bonds is 3. The lowest BCUT2D eigenvalue weighted by atomic mass is 9.89. The highest BCUT2D eigenvalue weighted by molar-refractivity contribution is 5.89. The number of hydrogen-bond donors (Lipinski definition) is 1. The first-order chi connectivity index (χ1) is 8.31. The second-order valence-electron chi connectivity index (χ2n) is 4.37. The van der Waals surface area contributed by atoms with Gasteiger partial charge in [0.15, 0.2) is 0 Å². The Morgan fingerprint density at radius 3 is 2.78 bits per heavy atom. The lowest BCUT2D eigenvalue weighted by Crippen LogP contribution is -2.26. The van der Waals surface area contributed by atoms with Gasteiger partial charge >= 0.3 is 5.97 Å². The predicted octanol–water partition coefficient (Wildman–Crippen LogP) is 2.75. The van der Waals surface area contributed by atoms with E-state index < -0.39 is 0 Å². The highest BCUT2D eigenvalue weighted by atomic mass is 35.5. The van der Waals surface area contributed by atoms with E-state index in [4.69, 9.17) is 4.74 Å². The van der Waals surface area contributed by atoms with Crippen LogP contribution in [0.15, 0.2) is 24.3 Å². The van der Waals surface area contributed by atoms with Gasteiger partial charge in [0.2, 0.25) is 0 Å². The maximum absolute atomic E-state index is 11.6. The smallest absolute Gasteiger partial charge is 0.338 e. The molecule has 1 aliphatic rings. The minimum absolute atomic E-state index is 0. The fourth-order valence-electron chi connectivity index (χ4n) is 2.29. The van der Waals surface area contributed by atoms with Crippen molar-refractivity contribution in [2.75, 3.05) is 19.7 Å². The number of ether oxygens (including phenoxy) is 1. The number of carbonyl (C=O) groups excluding carboxylic acids is 1. The normalized spacial score (nSPS) is 15.8. The molecular weight excluding hydrogens is 250 g/mol. The van der Waals surface area contributed by atoms with E-state index in [1.54, 1.807) is 0 Å². The van der Waals surface area contributed by atoms with Crippen LogP contribution in [0.2, 0.25) is 0 Å². The fraction of sp³-hybridized carbons (Fsp3) is 0.500. The maximum atomic E-state index is 11.6. The molecule has 1 aliphatic heterocycles. The van der Waals surface area contributed by atoms with Crippen molar-refractivity contribution in [2.24, 2.45) is 0 Å². The summed E-state index contributed by atoms with van der Waals surface area (Å²) in [5.74, 6) is 0.355. The fourth-order valence-corrected chi connectivity index (χ4v) is 2.29. The Hall–Kier alpha value is -1.06. The zero-order valence-electron chi connectivity index (χ0n) is 10.6. The van der Waals surface area contributed by atoms with Crippen LogP contribution in [0.5, 0.6) is 0 Å². The Balaban J connectivity index is 0.00000162. The van der Waals surface area contributed by atoms with Crippen molar-refractivity contribution in [3.8, 4) is 0 Å². The predicted molar refractivity (Wildman–Crippen MR) is 74.5 cm³/mol. The molecule has 18 heavy (non-hydrogen) atoms. The van der Waals surface area contributed by atoms with Gasteiger partial charge < -0.3 is 10.1 Å². The maximum Gasteiger partial charge on any atom is 0.338 e. The van der Waals surface area contributed by atoms with E-state index in [0.29, 0.717) is 18.1 Å². The summed E-state index contributed by atoms with van der Waals surface area (Å²) in [6.07, 6.45) is 2.29. The number of piperidine rings is 1. The average molecular weight is 270 g/mol. The number of carbonyl (C=O) groups is 1. The minimum Gasteiger partial charge on any atom is -0.462 e. The molecule has 0 bridgehead atoms. The van der Waals surface area contributed by atoms with E-state index in [-0.39, 0.29) is 18.4 Å². The Morgan fingerprint density at radius 1 is 1.39 bits per heavy atom. The van der Waals surface area contributed by atoms with Crippen LogP contribution in [0.25, 0.3) is 0 Å². The molecule has 0 saturated carbocycles. The summed E-state index contributed by atoms with van der Waals surface area (Å²) in [4.78, 5) is 11.6. The van der Waals surface area contributed by atoms with Gasteiger partial charge in [0.1, 0.15) is 0 Å². The second kappa shape index (κ2) is 7.39. The number of hydrogen-bond acceptors (Lipinski definition) is 3. The summed E-state index contributed by atoms with van der Waals surface area (Å²) in [7, 11) is 0. The zero-order chi connectivity index (χ0) is 12.1. The van der Waals surface area contributed by atoms with Crippen LogP contribution >= 0.6 is 12.4 Å². The quantitative estimate of drug-likeness (QED) is 0.858. The van der Waals surface area contributed by atoms with Crippen molar-refractivity contribution in [1.82, 2.24) is 5.32 Å². The third-order valence-corrected chi connectivity index (χ3v) is 3.21. The third kappa shape index (κ3) is 3.72. The summed E-state index contributed by atoms with van der Waals surface area (Å²) >= 11 is 0. The molecule has 1 aromatic carbocycles. The van der Waals surface area contributed by atoms with Crippen LogP contribution in [0, 0.1) is 0 Å². The Morgan fingerprint density at radius 2 is 2.11 bits per heavy atom. The molecule has 0 amide bonds. The zero-order valence-corrected chi connectivity index (χ0v) is 11.5. The lowest BCUT2D eigenvalue weighted by molar-refractivity contribution is 0.0526. The summed E-state index contributed by atoms with van der Waals surface area (Å²) in [6.45, 7) is 4.38. The van der Waals surface area contributed by atoms with Crippen LogP contribution in [0.1, 0.15) is 41.6 Å². The van der Waals surface area contributed by atoms with Gasteiger partial charge in [-0.25, -0.2) is 4.79 Å². The Bertz CT molecular complexity index is 389. The third-order valence-electron chi connectivity index (χ3n) is 3.21. The topological polar surface area (TPSA) is 38.3 Å². The van der Waals surface area contributed by atoms with E-state index >= 15 is 0 Å². The molecule has 1 N–H and O–H groups in total. The van der Waals surface area contributed by atoms with Gasteiger partial charge in [-0.1, -0.05) is 12.1 Å². The van der Waals surface area contributed by atoms with Gasteiger partial charge in [0.05, 0.1) is 12.2 Å². The SMILES string of the molecule is CCOC(=O)c1cccc(C2CCNCC2)c1.Cl. The lowest BCUT2D eigenvalue weighted by Gasteiger charge is -2.23. The monoisotopic (exact) mass is 269 g/mol. The number of esters is 1. The number of benzene rings is 1. The van der Waals surface area contributed by atoms with Crippen LogP contribution in [0.4, 0.5) is 0 Å². The molecule has 0 unspecified atom stereocenters. The van der Waals surface area contributed by atoms with E-state index in [0.717, 1.165) is 25.9 Å². The van der Waals surface area contributed by atoms with Gasteiger partial charge in [-0.15, -0.1) is 12.4 Å². The van der Waals surface area contributed by atoms with E-state index in [2.05, 4.69) is 11.4 Å². The Kier molecular flexibility index (Phi) is 6.16. The molecule has 1 heterocycles. The molecule has 1 saturated heterocycles. The summed E-state index contributed by atoms with van der Waals surface area (Å²) in [5, 5.41) is 3.35.